The predicted molar refractivity (Wildman–Crippen MR) is 79.8 cm³/mol. The van der Waals surface area contributed by atoms with Crippen LogP contribution in [0.3, 0.4) is 0 Å². The van der Waals surface area contributed by atoms with E-state index in [2.05, 4.69) is 19.2 Å². The van der Waals surface area contributed by atoms with Crippen molar-refractivity contribution in [2.45, 2.75) is 45.6 Å². The first-order valence-corrected chi connectivity index (χ1v) is 7.10. The molecule has 1 aromatic rings. The molecule has 0 bridgehead atoms. The first-order chi connectivity index (χ1) is 9.34. The molecule has 0 heterocycles. The Bertz CT molecular complexity index is 431. The van der Waals surface area contributed by atoms with Crippen molar-refractivity contribution in [3.8, 4) is 0 Å². The summed E-state index contributed by atoms with van der Waals surface area (Å²) in [7, 11) is 0. The second kappa shape index (κ2) is 7.39. The van der Waals surface area contributed by atoms with E-state index >= 15 is 0 Å². The highest BCUT2D eigenvalue weighted by molar-refractivity contribution is 5.77. The van der Waals surface area contributed by atoms with Crippen molar-refractivity contribution < 1.29 is 9.18 Å². The molecule has 0 aliphatic heterocycles. The van der Waals surface area contributed by atoms with Crippen molar-refractivity contribution in [3.05, 3.63) is 35.6 Å². The van der Waals surface area contributed by atoms with Crippen molar-refractivity contribution in [2.75, 3.05) is 6.54 Å². The van der Waals surface area contributed by atoms with Crippen LogP contribution in [-0.4, -0.2) is 18.0 Å². The summed E-state index contributed by atoms with van der Waals surface area (Å²) >= 11 is 0. The summed E-state index contributed by atoms with van der Waals surface area (Å²) in [5.41, 5.74) is 6.38. The third-order valence-corrected chi connectivity index (χ3v) is 3.30. The quantitative estimate of drug-likeness (QED) is 0.806. The van der Waals surface area contributed by atoms with Crippen molar-refractivity contribution >= 4 is 5.91 Å². The molecule has 20 heavy (non-hydrogen) atoms. The van der Waals surface area contributed by atoms with E-state index in [0.29, 0.717) is 25.3 Å². The standard InChI is InChI=1S/C16H25FN2O/c1-12(2)10-16(3,11-18)19-15(20)9-6-13-4-7-14(17)8-5-13/h4-5,7-8,12H,6,9-11,18H2,1-3H3,(H,19,20). The SMILES string of the molecule is CC(C)CC(C)(CN)NC(=O)CCc1ccc(F)cc1. The zero-order valence-corrected chi connectivity index (χ0v) is 12.6. The number of hydrogen-bond acceptors (Lipinski definition) is 2. The fourth-order valence-electron chi connectivity index (χ4n) is 2.39. The van der Waals surface area contributed by atoms with Gasteiger partial charge in [0.2, 0.25) is 5.91 Å². The van der Waals surface area contributed by atoms with Gasteiger partial charge in [0.05, 0.1) is 0 Å². The fraction of sp³-hybridized carbons (Fsp3) is 0.562. The maximum Gasteiger partial charge on any atom is 0.220 e. The smallest absolute Gasteiger partial charge is 0.220 e. The molecule has 0 saturated carbocycles. The minimum absolute atomic E-state index is 0.0112. The molecule has 4 heteroatoms. The average molecular weight is 280 g/mol. The Balaban J connectivity index is 2.48. The maximum absolute atomic E-state index is 12.8. The Morgan fingerprint density at radius 3 is 2.45 bits per heavy atom. The van der Waals surface area contributed by atoms with Gasteiger partial charge in [0, 0.05) is 18.5 Å². The summed E-state index contributed by atoms with van der Waals surface area (Å²) in [6.07, 6.45) is 1.85. The molecule has 1 aromatic carbocycles. The largest absolute Gasteiger partial charge is 0.350 e. The summed E-state index contributed by atoms with van der Waals surface area (Å²) < 4.78 is 12.8. The lowest BCUT2D eigenvalue weighted by molar-refractivity contribution is -0.122. The summed E-state index contributed by atoms with van der Waals surface area (Å²) in [4.78, 5) is 12.0. The summed E-state index contributed by atoms with van der Waals surface area (Å²) in [6, 6.07) is 6.24. The molecule has 3 N–H and O–H groups in total. The van der Waals surface area contributed by atoms with E-state index in [1.165, 1.54) is 12.1 Å². The molecule has 1 unspecified atom stereocenters. The molecule has 3 nitrogen and oxygen atoms in total. The maximum atomic E-state index is 12.8. The van der Waals surface area contributed by atoms with Crippen LogP contribution in [0.5, 0.6) is 0 Å². The normalized spacial score (nSPS) is 14.1. The van der Waals surface area contributed by atoms with Gasteiger partial charge >= 0.3 is 0 Å². The van der Waals surface area contributed by atoms with Crippen LogP contribution in [0.25, 0.3) is 0 Å². The number of carbonyl (C=O) groups is 1. The zero-order chi connectivity index (χ0) is 15.2. The van der Waals surface area contributed by atoms with Gasteiger partial charge in [-0.15, -0.1) is 0 Å². The van der Waals surface area contributed by atoms with E-state index in [1.807, 2.05) is 6.92 Å². The Morgan fingerprint density at radius 2 is 1.95 bits per heavy atom. The van der Waals surface area contributed by atoms with Crippen LogP contribution in [0.4, 0.5) is 4.39 Å². The van der Waals surface area contributed by atoms with Gasteiger partial charge in [-0.2, -0.15) is 0 Å². The molecule has 0 saturated heterocycles. The van der Waals surface area contributed by atoms with Gasteiger partial charge in [-0.25, -0.2) is 4.39 Å². The molecule has 1 amide bonds. The van der Waals surface area contributed by atoms with Crippen LogP contribution in [-0.2, 0) is 11.2 Å². The molecule has 1 rings (SSSR count). The number of amides is 1. The fourth-order valence-corrected chi connectivity index (χ4v) is 2.39. The minimum Gasteiger partial charge on any atom is -0.350 e. The summed E-state index contributed by atoms with van der Waals surface area (Å²) in [6.45, 7) is 6.62. The first kappa shape index (κ1) is 16.6. The number of halogens is 1. The molecular weight excluding hydrogens is 255 g/mol. The molecule has 112 valence electrons. The van der Waals surface area contributed by atoms with Crippen LogP contribution in [0.15, 0.2) is 24.3 Å². The van der Waals surface area contributed by atoms with Crippen molar-refractivity contribution in [1.29, 1.82) is 0 Å². The molecular formula is C16H25FN2O. The zero-order valence-electron chi connectivity index (χ0n) is 12.6. The Hall–Kier alpha value is -1.42. The van der Waals surface area contributed by atoms with Gasteiger partial charge in [0.15, 0.2) is 0 Å². The van der Waals surface area contributed by atoms with Gasteiger partial charge in [-0.3, -0.25) is 4.79 Å². The van der Waals surface area contributed by atoms with E-state index in [4.69, 9.17) is 5.73 Å². The number of benzene rings is 1. The van der Waals surface area contributed by atoms with Gasteiger partial charge in [0.1, 0.15) is 5.82 Å². The highest BCUT2D eigenvalue weighted by atomic mass is 19.1. The van der Waals surface area contributed by atoms with Crippen LogP contribution in [0.2, 0.25) is 0 Å². The number of carbonyl (C=O) groups excluding carboxylic acids is 1. The van der Waals surface area contributed by atoms with Gasteiger partial charge < -0.3 is 11.1 Å². The van der Waals surface area contributed by atoms with E-state index < -0.39 is 0 Å². The van der Waals surface area contributed by atoms with E-state index in [0.717, 1.165) is 12.0 Å². The first-order valence-electron chi connectivity index (χ1n) is 7.10. The molecule has 0 spiro atoms. The molecule has 0 aliphatic rings. The number of hydrogen-bond donors (Lipinski definition) is 2. The Labute approximate surface area is 120 Å². The van der Waals surface area contributed by atoms with Gasteiger partial charge in [-0.05, 0) is 43.4 Å². The topological polar surface area (TPSA) is 55.1 Å². The monoisotopic (exact) mass is 280 g/mol. The highest BCUT2D eigenvalue weighted by Crippen LogP contribution is 2.15. The van der Waals surface area contributed by atoms with Crippen molar-refractivity contribution in [3.63, 3.8) is 0 Å². The van der Waals surface area contributed by atoms with Crippen molar-refractivity contribution in [2.24, 2.45) is 11.7 Å². The van der Waals surface area contributed by atoms with Crippen LogP contribution < -0.4 is 11.1 Å². The lowest BCUT2D eigenvalue weighted by Crippen LogP contribution is -2.52. The minimum atomic E-state index is -0.353. The lowest BCUT2D eigenvalue weighted by atomic mass is 9.90. The molecule has 0 radical (unpaired) electrons. The van der Waals surface area contributed by atoms with E-state index in [9.17, 15) is 9.18 Å². The molecule has 0 fully saturated rings. The summed E-state index contributed by atoms with van der Waals surface area (Å²) in [5, 5.41) is 3.02. The van der Waals surface area contributed by atoms with Crippen LogP contribution in [0.1, 0.15) is 39.2 Å². The lowest BCUT2D eigenvalue weighted by Gasteiger charge is -2.31. The number of nitrogens with one attached hydrogen (secondary N) is 1. The van der Waals surface area contributed by atoms with E-state index in [-0.39, 0.29) is 17.3 Å². The number of nitrogens with two attached hydrogens (primary N) is 1. The third kappa shape index (κ3) is 5.70. The Kier molecular flexibility index (Phi) is 6.14. The second-order valence-corrected chi connectivity index (χ2v) is 6.04. The number of rotatable bonds is 7. The molecule has 0 aromatic heterocycles. The van der Waals surface area contributed by atoms with Crippen LogP contribution >= 0.6 is 0 Å². The van der Waals surface area contributed by atoms with E-state index in [1.54, 1.807) is 12.1 Å². The highest BCUT2D eigenvalue weighted by Gasteiger charge is 2.25. The van der Waals surface area contributed by atoms with Gasteiger partial charge in [0.25, 0.3) is 0 Å². The van der Waals surface area contributed by atoms with Crippen molar-refractivity contribution in [1.82, 2.24) is 5.32 Å². The van der Waals surface area contributed by atoms with Gasteiger partial charge in [-0.1, -0.05) is 26.0 Å². The number of aryl methyl sites for hydroxylation is 1. The summed E-state index contributed by atoms with van der Waals surface area (Å²) in [5.74, 6) is 0.203. The average Bonchev–Trinajstić information content (AvgIpc) is 2.37. The predicted octanol–water partition coefficient (Wildman–Crippen LogP) is 2.64. The third-order valence-electron chi connectivity index (χ3n) is 3.30. The Morgan fingerprint density at radius 1 is 1.35 bits per heavy atom. The van der Waals surface area contributed by atoms with Crippen LogP contribution in [0, 0.1) is 11.7 Å². The second-order valence-electron chi connectivity index (χ2n) is 6.04. The molecule has 1 atom stereocenters. The molecule has 0 aliphatic carbocycles.